The molecule has 1 aromatic heterocycles. The van der Waals surface area contributed by atoms with Crippen LogP contribution < -0.4 is 0 Å². The first-order valence-electron chi connectivity index (χ1n) is 8.59. The molecule has 2 aliphatic rings. The fourth-order valence-electron chi connectivity index (χ4n) is 3.38. The van der Waals surface area contributed by atoms with Gasteiger partial charge >= 0.3 is 6.09 Å². The molecular formula is C19H22ClN3O2. The second-order valence-corrected chi connectivity index (χ2v) is 8.44. The van der Waals surface area contributed by atoms with E-state index in [1.54, 1.807) is 4.90 Å². The highest BCUT2D eigenvalue weighted by Gasteiger charge is 2.51. The Hall–Kier alpha value is -2.01. The number of ether oxygens (including phenoxy) is 1. The number of aromatic nitrogens is 2. The van der Waals surface area contributed by atoms with Gasteiger partial charge in [0.15, 0.2) is 0 Å². The number of carbonyl (C=O) groups excluding carboxylic acids is 1. The van der Waals surface area contributed by atoms with Crippen LogP contribution >= 0.6 is 11.6 Å². The molecule has 0 atom stereocenters. The zero-order chi connectivity index (χ0) is 17.8. The molecule has 5 nitrogen and oxygen atoms in total. The summed E-state index contributed by atoms with van der Waals surface area (Å²) in [6.45, 7) is 6.85. The molecule has 1 amide bonds. The summed E-state index contributed by atoms with van der Waals surface area (Å²) < 4.78 is 7.68. The summed E-state index contributed by atoms with van der Waals surface area (Å²) in [5.74, 6) is 0. The van der Waals surface area contributed by atoms with Gasteiger partial charge in [-0.15, -0.1) is 0 Å². The van der Waals surface area contributed by atoms with Gasteiger partial charge in [0.1, 0.15) is 5.60 Å². The van der Waals surface area contributed by atoms with E-state index in [4.69, 9.17) is 21.4 Å². The van der Waals surface area contributed by atoms with Gasteiger partial charge in [-0.05, 0) is 51.8 Å². The fraction of sp³-hybridized carbons (Fsp3) is 0.474. The molecule has 2 aromatic rings. The lowest BCUT2D eigenvalue weighted by Crippen LogP contribution is -2.47. The Kier molecular flexibility index (Phi) is 3.62. The van der Waals surface area contributed by atoms with Gasteiger partial charge in [-0.3, -0.25) is 9.58 Å². The SMILES string of the molecule is CC(C)(C)OC(=O)N1Cc2cc(-c3cccc(Cl)c3)nn2C2(CC2)C1. The Labute approximate surface area is 152 Å². The predicted octanol–water partition coefficient (Wildman–Crippen LogP) is 4.44. The molecule has 1 aliphatic carbocycles. The maximum absolute atomic E-state index is 12.5. The second kappa shape index (κ2) is 5.49. The standard InChI is InChI=1S/C19H22ClN3O2/c1-18(2,3)25-17(24)22-11-15-10-16(13-5-4-6-14(20)9-13)21-23(15)19(12-22)7-8-19/h4-6,9-10H,7-8,11-12H2,1-3H3. The quantitative estimate of drug-likeness (QED) is 0.756. The van der Waals surface area contributed by atoms with Gasteiger partial charge in [0.25, 0.3) is 0 Å². The highest BCUT2D eigenvalue weighted by atomic mass is 35.5. The van der Waals surface area contributed by atoms with Crippen molar-refractivity contribution in [3.05, 3.63) is 41.0 Å². The monoisotopic (exact) mass is 359 g/mol. The molecule has 2 heterocycles. The molecule has 1 spiro atoms. The van der Waals surface area contributed by atoms with Gasteiger partial charge in [-0.25, -0.2) is 4.79 Å². The first-order chi connectivity index (χ1) is 11.8. The fourth-order valence-corrected chi connectivity index (χ4v) is 3.57. The van der Waals surface area contributed by atoms with Crippen LogP contribution in [0.25, 0.3) is 11.3 Å². The smallest absolute Gasteiger partial charge is 0.410 e. The van der Waals surface area contributed by atoms with Crippen molar-refractivity contribution >= 4 is 17.7 Å². The van der Waals surface area contributed by atoms with Crippen molar-refractivity contribution in [1.82, 2.24) is 14.7 Å². The first kappa shape index (κ1) is 16.5. The number of nitrogens with zero attached hydrogens (tertiary/aromatic N) is 3. The van der Waals surface area contributed by atoms with E-state index in [1.165, 1.54) is 0 Å². The predicted molar refractivity (Wildman–Crippen MR) is 96.5 cm³/mol. The van der Waals surface area contributed by atoms with Gasteiger partial charge < -0.3 is 4.74 Å². The molecule has 1 fully saturated rings. The molecule has 6 heteroatoms. The molecule has 1 saturated carbocycles. The van der Waals surface area contributed by atoms with Crippen molar-refractivity contribution in [3.63, 3.8) is 0 Å². The average molecular weight is 360 g/mol. The summed E-state index contributed by atoms with van der Waals surface area (Å²) in [6, 6.07) is 9.76. The average Bonchev–Trinajstić information content (AvgIpc) is 3.13. The van der Waals surface area contributed by atoms with Gasteiger partial charge in [0, 0.05) is 17.1 Å². The number of benzene rings is 1. The van der Waals surface area contributed by atoms with E-state index in [1.807, 2.05) is 45.0 Å². The molecule has 1 aliphatic heterocycles. The summed E-state index contributed by atoms with van der Waals surface area (Å²) in [5, 5.41) is 5.52. The van der Waals surface area contributed by atoms with E-state index in [9.17, 15) is 4.79 Å². The lowest BCUT2D eigenvalue weighted by Gasteiger charge is -2.35. The van der Waals surface area contributed by atoms with E-state index < -0.39 is 5.60 Å². The Morgan fingerprint density at radius 1 is 1.28 bits per heavy atom. The van der Waals surface area contributed by atoms with Gasteiger partial charge in [-0.1, -0.05) is 23.7 Å². The maximum atomic E-state index is 12.5. The minimum atomic E-state index is -0.489. The van der Waals surface area contributed by atoms with Gasteiger partial charge in [-0.2, -0.15) is 5.10 Å². The minimum absolute atomic E-state index is 0.0681. The number of hydrogen-bond acceptors (Lipinski definition) is 3. The molecule has 0 radical (unpaired) electrons. The Morgan fingerprint density at radius 3 is 2.68 bits per heavy atom. The largest absolute Gasteiger partial charge is 0.444 e. The summed E-state index contributed by atoms with van der Waals surface area (Å²) in [5.41, 5.74) is 2.38. The van der Waals surface area contributed by atoms with Crippen molar-refractivity contribution in [2.75, 3.05) is 6.54 Å². The lowest BCUT2D eigenvalue weighted by molar-refractivity contribution is 0.0142. The number of fused-ring (bicyclic) bond motifs is 2. The molecular weight excluding hydrogens is 338 g/mol. The van der Waals surface area contributed by atoms with Crippen LogP contribution in [-0.4, -0.2) is 32.9 Å². The summed E-state index contributed by atoms with van der Waals surface area (Å²) in [6.07, 6.45) is 1.82. The van der Waals surface area contributed by atoms with Crippen LogP contribution in [-0.2, 0) is 16.8 Å². The third-order valence-electron chi connectivity index (χ3n) is 4.67. The van der Waals surface area contributed by atoms with Crippen LogP contribution in [0, 0.1) is 0 Å². The van der Waals surface area contributed by atoms with Crippen LogP contribution in [0.3, 0.4) is 0 Å². The van der Waals surface area contributed by atoms with E-state index in [0.29, 0.717) is 18.1 Å². The van der Waals surface area contributed by atoms with Crippen LogP contribution in [0.4, 0.5) is 4.79 Å². The minimum Gasteiger partial charge on any atom is -0.444 e. The molecule has 0 saturated heterocycles. The number of rotatable bonds is 1. The van der Waals surface area contributed by atoms with E-state index in [0.717, 1.165) is 29.8 Å². The number of amides is 1. The third-order valence-corrected chi connectivity index (χ3v) is 4.90. The normalized spacial score (nSPS) is 18.2. The highest BCUT2D eigenvalue weighted by molar-refractivity contribution is 6.30. The van der Waals surface area contributed by atoms with E-state index in [2.05, 4.69) is 10.7 Å². The van der Waals surface area contributed by atoms with Crippen molar-refractivity contribution < 1.29 is 9.53 Å². The van der Waals surface area contributed by atoms with Crippen LogP contribution in [0.1, 0.15) is 39.3 Å². The van der Waals surface area contributed by atoms with Crippen LogP contribution in [0.15, 0.2) is 30.3 Å². The van der Waals surface area contributed by atoms with Crippen LogP contribution in [0.2, 0.25) is 5.02 Å². The Balaban J connectivity index is 1.64. The van der Waals surface area contributed by atoms with Crippen molar-refractivity contribution in [3.8, 4) is 11.3 Å². The summed E-state index contributed by atoms with van der Waals surface area (Å²) >= 11 is 6.11. The van der Waals surface area contributed by atoms with E-state index >= 15 is 0 Å². The molecule has 0 bridgehead atoms. The third kappa shape index (κ3) is 3.13. The number of carbonyl (C=O) groups is 1. The topological polar surface area (TPSA) is 47.4 Å². The zero-order valence-electron chi connectivity index (χ0n) is 14.8. The Bertz CT molecular complexity index is 833. The number of hydrogen-bond donors (Lipinski definition) is 0. The molecule has 1 aromatic carbocycles. The van der Waals surface area contributed by atoms with E-state index in [-0.39, 0.29) is 11.6 Å². The molecule has 132 valence electrons. The molecule has 4 rings (SSSR count). The maximum Gasteiger partial charge on any atom is 0.410 e. The van der Waals surface area contributed by atoms with Gasteiger partial charge in [0.2, 0.25) is 0 Å². The molecule has 0 N–H and O–H groups in total. The molecule has 25 heavy (non-hydrogen) atoms. The van der Waals surface area contributed by atoms with Crippen molar-refractivity contribution in [2.45, 2.75) is 51.3 Å². The van der Waals surface area contributed by atoms with Crippen molar-refractivity contribution in [2.24, 2.45) is 0 Å². The highest BCUT2D eigenvalue weighted by Crippen LogP contribution is 2.48. The summed E-state index contributed by atoms with van der Waals surface area (Å²) in [4.78, 5) is 14.3. The molecule has 0 unspecified atom stereocenters. The summed E-state index contributed by atoms with van der Waals surface area (Å²) in [7, 11) is 0. The zero-order valence-corrected chi connectivity index (χ0v) is 15.5. The van der Waals surface area contributed by atoms with Gasteiger partial charge in [0.05, 0.1) is 23.5 Å². The lowest BCUT2D eigenvalue weighted by atomic mass is 10.1. The van der Waals surface area contributed by atoms with Crippen LogP contribution in [0.5, 0.6) is 0 Å². The first-order valence-corrected chi connectivity index (χ1v) is 8.97. The number of halogens is 1. The van der Waals surface area contributed by atoms with Crippen molar-refractivity contribution in [1.29, 1.82) is 0 Å². The second-order valence-electron chi connectivity index (χ2n) is 8.00. The Morgan fingerprint density at radius 2 is 2.04 bits per heavy atom.